The summed E-state index contributed by atoms with van der Waals surface area (Å²) in [4.78, 5) is 21.5. The van der Waals surface area contributed by atoms with E-state index in [2.05, 4.69) is 5.32 Å². The minimum absolute atomic E-state index is 0.0913. The van der Waals surface area contributed by atoms with Crippen LogP contribution in [-0.4, -0.2) is 24.4 Å². The summed E-state index contributed by atoms with van der Waals surface area (Å²) < 4.78 is 0. The van der Waals surface area contributed by atoms with Crippen molar-refractivity contribution in [3.05, 3.63) is 0 Å². The standard InChI is InChI=1S/C8H17N3O2/c1-5(2)7(10)8(13)11-4-3-6(9)12/h5,7H,3-4,10H2,1-2H3,(H2,9,12)(H,11,13). The highest BCUT2D eigenvalue weighted by molar-refractivity contribution is 5.82. The van der Waals surface area contributed by atoms with Crippen LogP contribution in [0.2, 0.25) is 0 Å². The van der Waals surface area contributed by atoms with E-state index in [0.29, 0.717) is 0 Å². The second-order valence-corrected chi connectivity index (χ2v) is 3.28. The van der Waals surface area contributed by atoms with Crippen molar-refractivity contribution in [3.63, 3.8) is 0 Å². The van der Waals surface area contributed by atoms with Crippen LogP contribution in [-0.2, 0) is 9.59 Å². The van der Waals surface area contributed by atoms with Gasteiger partial charge in [-0.2, -0.15) is 0 Å². The predicted octanol–water partition coefficient (Wildman–Crippen LogP) is -1.04. The van der Waals surface area contributed by atoms with Crippen molar-refractivity contribution in [2.24, 2.45) is 17.4 Å². The molecule has 0 aromatic heterocycles. The molecule has 0 bridgehead atoms. The molecule has 0 fully saturated rings. The fourth-order valence-electron chi connectivity index (χ4n) is 0.730. The molecule has 0 aliphatic carbocycles. The Bertz CT molecular complexity index is 192. The summed E-state index contributed by atoms with van der Waals surface area (Å²) in [7, 11) is 0. The second-order valence-electron chi connectivity index (χ2n) is 3.28. The highest BCUT2D eigenvalue weighted by atomic mass is 16.2. The average molecular weight is 187 g/mol. The smallest absolute Gasteiger partial charge is 0.237 e. The summed E-state index contributed by atoms with van der Waals surface area (Å²) in [5.74, 6) is -0.580. The zero-order chi connectivity index (χ0) is 10.4. The predicted molar refractivity (Wildman–Crippen MR) is 49.6 cm³/mol. The van der Waals surface area contributed by atoms with Crippen LogP contribution in [0.15, 0.2) is 0 Å². The largest absolute Gasteiger partial charge is 0.370 e. The van der Waals surface area contributed by atoms with Crippen molar-refractivity contribution < 1.29 is 9.59 Å². The first-order valence-corrected chi connectivity index (χ1v) is 4.26. The van der Waals surface area contributed by atoms with Crippen molar-refractivity contribution in [1.82, 2.24) is 5.32 Å². The van der Waals surface area contributed by atoms with Crippen LogP contribution in [0.5, 0.6) is 0 Å². The molecule has 0 aliphatic rings. The quantitative estimate of drug-likeness (QED) is 0.512. The fraction of sp³-hybridized carbons (Fsp3) is 0.750. The molecule has 0 radical (unpaired) electrons. The van der Waals surface area contributed by atoms with E-state index in [1.807, 2.05) is 13.8 Å². The molecule has 0 rings (SSSR count). The average Bonchev–Trinajstić information content (AvgIpc) is 2.02. The first-order chi connectivity index (χ1) is 5.95. The first-order valence-electron chi connectivity index (χ1n) is 4.26. The Kier molecular flexibility index (Phi) is 5.06. The van der Waals surface area contributed by atoms with Crippen molar-refractivity contribution in [1.29, 1.82) is 0 Å². The Hall–Kier alpha value is -1.10. The third kappa shape index (κ3) is 5.19. The molecule has 1 unspecified atom stereocenters. The summed E-state index contributed by atoms with van der Waals surface area (Å²) in [6.07, 6.45) is 0.149. The van der Waals surface area contributed by atoms with Crippen molar-refractivity contribution in [2.75, 3.05) is 6.54 Å². The van der Waals surface area contributed by atoms with Crippen LogP contribution in [0.3, 0.4) is 0 Å². The summed E-state index contributed by atoms with van der Waals surface area (Å²) >= 11 is 0. The molecule has 0 saturated heterocycles. The van der Waals surface area contributed by atoms with Crippen LogP contribution >= 0.6 is 0 Å². The van der Waals surface area contributed by atoms with Gasteiger partial charge in [-0.25, -0.2) is 0 Å². The molecule has 13 heavy (non-hydrogen) atoms. The van der Waals surface area contributed by atoms with Crippen molar-refractivity contribution >= 4 is 11.8 Å². The summed E-state index contributed by atoms with van der Waals surface area (Å²) in [6.45, 7) is 3.98. The highest BCUT2D eigenvalue weighted by Gasteiger charge is 2.16. The van der Waals surface area contributed by atoms with E-state index in [9.17, 15) is 9.59 Å². The van der Waals surface area contributed by atoms with Gasteiger partial charge < -0.3 is 16.8 Å². The number of carbonyl (C=O) groups excluding carboxylic acids is 2. The van der Waals surface area contributed by atoms with Gasteiger partial charge in [0.25, 0.3) is 0 Å². The number of primary amides is 1. The van der Waals surface area contributed by atoms with E-state index >= 15 is 0 Å². The van der Waals surface area contributed by atoms with Gasteiger partial charge in [-0.15, -0.1) is 0 Å². The molecule has 2 amide bonds. The number of nitrogens with two attached hydrogens (primary N) is 2. The number of rotatable bonds is 5. The monoisotopic (exact) mass is 187 g/mol. The van der Waals surface area contributed by atoms with Crippen LogP contribution in [0.1, 0.15) is 20.3 Å². The van der Waals surface area contributed by atoms with Gasteiger partial charge in [0.2, 0.25) is 11.8 Å². The third-order valence-electron chi connectivity index (χ3n) is 1.69. The van der Waals surface area contributed by atoms with Crippen LogP contribution < -0.4 is 16.8 Å². The topological polar surface area (TPSA) is 98.2 Å². The van der Waals surface area contributed by atoms with E-state index in [1.54, 1.807) is 0 Å². The third-order valence-corrected chi connectivity index (χ3v) is 1.69. The number of nitrogens with one attached hydrogen (secondary N) is 1. The Labute approximate surface area is 77.8 Å². The maximum atomic E-state index is 11.2. The molecule has 0 aromatic carbocycles. The molecule has 5 heteroatoms. The molecule has 0 aromatic rings. The molecular weight excluding hydrogens is 170 g/mol. The van der Waals surface area contributed by atoms with E-state index in [-0.39, 0.29) is 24.8 Å². The number of hydrogen-bond donors (Lipinski definition) is 3. The lowest BCUT2D eigenvalue weighted by molar-refractivity contribution is -0.123. The molecule has 0 saturated carbocycles. The molecule has 76 valence electrons. The molecule has 5 N–H and O–H groups in total. The summed E-state index contributed by atoms with van der Waals surface area (Å²) in [5, 5.41) is 2.53. The minimum atomic E-state index is -0.520. The second kappa shape index (κ2) is 5.53. The van der Waals surface area contributed by atoms with E-state index in [1.165, 1.54) is 0 Å². The molecule has 0 heterocycles. The maximum absolute atomic E-state index is 11.2. The van der Waals surface area contributed by atoms with Gasteiger partial charge in [-0.3, -0.25) is 9.59 Å². The van der Waals surface area contributed by atoms with Crippen LogP contribution in [0, 0.1) is 5.92 Å². The van der Waals surface area contributed by atoms with Gasteiger partial charge in [0.15, 0.2) is 0 Å². The first kappa shape index (κ1) is 11.9. The fourth-order valence-corrected chi connectivity index (χ4v) is 0.730. The van der Waals surface area contributed by atoms with E-state index in [4.69, 9.17) is 11.5 Å². The van der Waals surface area contributed by atoms with E-state index in [0.717, 1.165) is 0 Å². The Morgan fingerprint density at radius 3 is 2.31 bits per heavy atom. The zero-order valence-electron chi connectivity index (χ0n) is 8.04. The zero-order valence-corrected chi connectivity index (χ0v) is 8.04. The van der Waals surface area contributed by atoms with Gasteiger partial charge in [-0.1, -0.05) is 13.8 Å². The van der Waals surface area contributed by atoms with Gasteiger partial charge in [0.05, 0.1) is 6.04 Å². The number of amides is 2. The van der Waals surface area contributed by atoms with Crippen LogP contribution in [0.4, 0.5) is 0 Å². The maximum Gasteiger partial charge on any atom is 0.237 e. The SMILES string of the molecule is CC(C)C(N)C(=O)NCCC(N)=O. The Morgan fingerprint density at radius 2 is 1.92 bits per heavy atom. The number of carbonyl (C=O) groups is 2. The lowest BCUT2D eigenvalue weighted by Crippen LogP contribution is -2.44. The van der Waals surface area contributed by atoms with Gasteiger partial charge in [0.1, 0.15) is 0 Å². The Balaban J connectivity index is 3.68. The van der Waals surface area contributed by atoms with Gasteiger partial charge >= 0.3 is 0 Å². The molecule has 0 spiro atoms. The molecular formula is C8H17N3O2. The van der Waals surface area contributed by atoms with Crippen LogP contribution in [0.25, 0.3) is 0 Å². The Morgan fingerprint density at radius 1 is 1.38 bits per heavy atom. The van der Waals surface area contributed by atoms with Crippen molar-refractivity contribution in [2.45, 2.75) is 26.3 Å². The lowest BCUT2D eigenvalue weighted by atomic mass is 10.1. The van der Waals surface area contributed by atoms with Gasteiger partial charge in [0, 0.05) is 13.0 Å². The summed E-state index contributed by atoms with van der Waals surface area (Å²) in [5.41, 5.74) is 10.4. The minimum Gasteiger partial charge on any atom is -0.370 e. The van der Waals surface area contributed by atoms with Gasteiger partial charge in [-0.05, 0) is 5.92 Å². The summed E-state index contributed by atoms with van der Waals surface area (Å²) in [6, 6.07) is -0.520. The molecule has 0 aliphatic heterocycles. The van der Waals surface area contributed by atoms with Crippen molar-refractivity contribution in [3.8, 4) is 0 Å². The lowest BCUT2D eigenvalue weighted by Gasteiger charge is -2.14. The number of hydrogen-bond acceptors (Lipinski definition) is 3. The molecule has 1 atom stereocenters. The molecule has 5 nitrogen and oxygen atoms in total. The normalized spacial score (nSPS) is 12.6. The van der Waals surface area contributed by atoms with E-state index < -0.39 is 11.9 Å². The highest BCUT2D eigenvalue weighted by Crippen LogP contribution is 1.97.